The van der Waals surface area contributed by atoms with Crippen molar-refractivity contribution in [3.05, 3.63) is 35.4 Å². The fourth-order valence-electron chi connectivity index (χ4n) is 2.90. The van der Waals surface area contributed by atoms with Gasteiger partial charge >= 0.3 is 11.8 Å². The van der Waals surface area contributed by atoms with E-state index in [0.717, 1.165) is 25.7 Å². The minimum atomic E-state index is -2.19. The number of fused-ring (bicyclic) bond motifs is 1. The first-order valence-corrected chi connectivity index (χ1v) is 6.97. The molecule has 0 bridgehead atoms. The lowest BCUT2D eigenvalue weighted by Gasteiger charge is -2.27. The van der Waals surface area contributed by atoms with Crippen LogP contribution in [0.25, 0.3) is 0 Å². The van der Waals surface area contributed by atoms with E-state index in [2.05, 4.69) is 5.32 Å². The number of ether oxygens (including phenoxy) is 1. The number of carbonyl (C=O) groups is 2. The van der Waals surface area contributed by atoms with Crippen LogP contribution in [0.2, 0.25) is 0 Å². The van der Waals surface area contributed by atoms with Gasteiger partial charge in [0, 0.05) is 11.6 Å². The number of benzene rings is 1. The molecule has 1 aliphatic carbocycles. The van der Waals surface area contributed by atoms with Crippen molar-refractivity contribution in [2.75, 3.05) is 0 Å². The van der Waals surface area contributed by atoms with Crippen LogP contribution in [0.4, 0.5) is 0 Å². The second kappa shape index (κ2) is 4.90. The largest absolute Gasteiger partial charge is 0.415 e. The molecule has 1 saturated carbocycles. The van der Waals surface area contributed by atoms with Gasteiger partial charge in [-0.15, -0.1) is 0 Å². The fraction of sp³-hybridized carbons (Fsp3) is 0.467. The number of carbonyl (C=O) groups excluding carboxylic acids is 2. The zero-order valence-electron chi connectivity index (χ0n) is 11.1. The summed E-state index contributed by atoms with van der Waals surface area (Å²) in [6.07, 6.45) is 5.11. The molecule has 0 aromatic heterocycles. The number of cyclic esters (lactones) is 1. The quantitative estimate of drug-likeness (QED) is 0.801. The summed E-state index contributed by atoms with van der Waals surface area (Å²) in [4.78, 5) is 24.0. The van der Waals surface area contributed by atoms with Crippen molar-refractivity contribution < 1.29 is 19.4 Å². The average Bonchev–Trinajstić information content (AvgIpc) is 2.74. The molecular formula is C15H17NO4. The summed E-state index contributed by atoms with van der Waals surface area (Å²) in [5.74, 6) is -3.50. The summed E-state index contributed by atoms with van der Waals surface area (Å²) in [5.41, 5.74) is 0.465. The maximum absolute atomic E-state index is 12.3. The molecular weight excluding hydrogens is 258 g/mol. The maximum atomic E-state index is 12.3. The molecule has 1 aliphatic heterocycles. The van der Waals surface area contributed by atoms with Crippen LogP contribution in [0, 0.1) is 0 Å². The van der Waals surface area contributed by atoms with E-state index in [1.807, 2.05) is 0 Å². The first-order valence-electron chi connectivity index (χ1n) is 6.97. The number of hydrogen-bond donors (Lipinski definition) is 2. The molecule has 3 rings (SSSR count). The van der Waals surface area contributed by atoms with E-state index in [-0.39, 0.29) is 17.2 Å². The van der Waals surface area contributed by atoms with Crippen molar-refractivity contribution in [1.82, 2.24) is 5.32 Å². The van der Waals surface area contributed by atoms with E-state index in [9.17, 15) is 14.7 Å². The maximum Gasteiger partial charge on any atom is 0.341 e. The van der Waals surface area contributed by atoms with Gasteiger partial charge in [-0.3, -0.25) is 4.79 Å². The molecule has 20 heavy (non-hydrogen) atoms. The normalized spacial score (nSPS) is 25.9. The minimum Gasteiger partial charge on any atom is -0.415 e. The Bertz CT molecular complexity index is 551. The van der Waals surface area contributed by atoms with Crippen LogP contribution >= 0.6 is 0 Å². The summed E-state index contributed by atoms with van der Waals surface area (Å²) in [6, 6.07) is 6.47. The monoisotopic (exact) mass is 275 g/mol. The lowest BCUT2D eigenvalue weighted by Crippen LogP contribution is -2.49. The zero-order chi connectivity index (χ0) is 14.2. The molecule has 2 N–H and O–H groups in total. The molecule has 5 heteroatoms. The van der Waals surface area contributed by atoms with Crippen LogP contribution in [-0.4, -0.2) is 23.0 Å². The second-order valence-corrected chi connectivity index (χ2v) is 5.39. The van der Waals surface area contributed by atoms with E-state index in [0.29, 0.717) is 0 Å². The van der Waals surface area contributed by atoms with Gasteiger partial charge < -0.3 is 15.2 Å². The van der Waals surface area contributed by atoms with Gasteiger partial charge in [0.25, 0.3) is 5.91 Å². The number of esters is 1. The van der Waals surface area contributed by atoms with E-state index < -0.39 is 17.7 Å². The second-order valence-electron chi connectivity index (χ2n) is 5.39. The number of amides is 1. The highest BCUT2D eigenvalue weighted by molar-refractivity contribution is 6.01. The third-order valence-corrected chi connectivity index (χ3v) is 4.00. The molecule has 5 nitrogen and oxygen atoms in total. The predicted molar refractivity (Wildman–Crippen MR) is 70.8 cm³/mol. The molecule has 1 aromatic carbocycles. The molecule has 0 radical (unpaired) electrons. The van der Waals surface area contributed by atoms with Crippen molar-refractivity contribution in [3.8, 4) is 0 Å². The van der Waals surface area contributed by atoms with Crippen molar-refractivity contribution in [2.45, 2.75) is 43.9 Å². The van der Waals surface area contributed by atoms with Crippen LogP contribution in [-0.2, 0) is 15.3 Å². The van der Waals surface area contributed by atoms with Crippen molar-refractivity contribution in [2.24, 2.45) is 0 Å². The Labute approximate surface area is 116 Å². The molecule has 1 heterocycles. The average molecular weight is 275 g/mol. The molecule has 1 atom stereocenters. The Balaban J connectivity index is 1.82. The Morgan fingerprint density at radius 1 is 1.25 bits per heavy atom. The van der Waals surface area contributed by atoms with Gasteiger partial charge in [-0.2, -0.15) is 0 Å². The van der Waals surface area contributed by atoms with Crippen LogP contribution in [0.3, 0.4) is 0 Å². The van der Waals surface area contributed by atoms with Crippen LogP contribution in [0.5, 0.6) is 0 Å². The molecule has 1 aromatic rings. The Kier molecular flexibility index (Phi) is 3.22. The van der Waals surface area contributed by atoms with Crippen molar-refractivity contribution in [3.63, 3.8) is 0 Å². The molecule has 0 saturated heterocycles. The summed E-state index contributed by atoms with van der Waals surface area (Å²) in [5, 5.41) is 13.3. The van der Waals surface area contributed by atoms with Crippen LogP contribution in [0.15, 0.2) is 24.3 Å². The van der Waals surface area contributed by atoms with Gasteiger partial charge in [-0.05, 0) is 18.9 Å². The molecule has 0 spiro atoms. The third-order valence-electron chi connectivity index (χ3n) is 4.00. The first-order chi connectivity index (χ1) is 9.61. The van der Waals surface area contributed by atoms with E-state index in [1.165, 1.54) is 6.42 Å². The van der Waals surface area contributed by atoms with Crippen LogP contribution in [0.1, 0.15) is 48.0 Å². The fourth-order valence-corrected chi connectivity index (χ4v) is 2.90. The highest BCUT2D eigenvalue weighted by Crippen LogP contribution is 2.34. The highest BCUT2D eigenvalue weighted by Gasteiger charge is 2.50. The predicted octanol–water partition coefficient (Wildman–Crippen LogP) is 1.45. The number of hydrogen-bond acceptors (Lipinski definition) is 4. The first kappa shape index (κ1) is 13.1. The molecule has 106 valence electrons. The Hall–Kier alpha value is -1.88. The number of rotatable bonds is 2. The summed E-state index contributed by atoms with van der Waals surface area (Å²) in [6.45, 7) is 0. The Morgan fingerprint density at radius 3 is 2.70 bits per heavy atom. The molecule has 1 unspecified atom stereocenters. The minimum absolute atomic E-state index is 0.0479. The van der Waals surface area contributed by atoms with E-state index in [1.54, 1.807) is 24.3 Å². The SMILES string of the molecule is O=C1OC(O)(C(=O)NC2CCCCC2)c2ccccc21. The summed E-state index contributed by atoms with van der Waals surface area (Å²) in [7, 11) is 0. The van der Waals surface area contributed by atoms with Gasteiger partial charge in [-0.25, -0.2) is 4.79 Å². The topological polar surface area (TPSA) is 75.6 Å². The number of nitrogens with one attached hydrogen (secondary N) is 1. The van der Waals surface area contributed by atoms with Gasteiger partial charge in [0.15, 0.2) is 0 Å². The van der Waals surface area contributed by atoms with Crippen molar-refractivity contribution >= 4 is 11.9 Å². The number of aliphatic hydroxyl groups is 1. The molecule has 1 fully saturated rings. The standard InChI is InChI=1S/C15H17NO4/c17-13-11-8-4-5-9-12(11)15(19,20-13)14(18)16-10-6-2-1-3-7-10/h4-5,8-10,19H,1-3,6-7H2,(H,16,18). The Morgan fingerprint density at radius 2 is 1.95 bits per heavy atom. The lowest BCUT2D eigenvalue weighted by molar-refractivity contribution is -0.186. The van der Waals surface area contributed by atoms with Crippen LogP contribution < -0.4 is 5.32 Å². The smallest absolute Gasteiger partial charge is 0.341 e. The summed E-state index contributed by atoms with van der Waals surface area (Å²) < 4.78 is 4.93. The van der Waals surface area contributed by atoms with Gasteiger partial charge in [0.05, 0.1) is 5.56 Å². The zero-order valence-corrected chi connectivity index (χ0v) is 11.1. The summed E-state index contributed by atoms with van der Waals surface area (Å²) >= 11 is 0. The molecule has 1 amide bonds. The lowest BCUT2D eigenvalue weighted by atomic mass is 9.94. The molecule has 2 aliphatic rings. The van der Waals surface area contributed by atoms with Gasteiger partial charge in [0.2, 0.25) is 0 Å². The van der Waals surface area contributed by atoms with Gasteiger partial charge in [-0.1, -0.05) is 37.5 Å². The van der Waals surface area contributed by atoms with E-state index >= 15 is 0 Å². The van der Waals surface area contributed by atoms with E-state index in [4.69, 9.17) is 4.74 Å². The third kappa shape index (κ3) is 2.08. The van der Waals surface area contributed by atoms with Crippen molar-refractivity contribution in [1.29, 1.82) is 0 Å². The van der Waals surface area contributed by atoms with Gasteiger partial charge in [0.1, 0.15) is 0 Å². The highest BCUT2D eigenvalue weighted by atomic mass is 16.7.